The zero-order valence-electron chi connectivity index (χ0n) is 12.8. The van der Waals surface area contributed by atoms with Crippen molar-refractivity contribution in [2.75, 3.05) is 0 Å². The standard InChI is InChI=1S/C15H15FN6O2/c1-9-18-14(22-19-9)7-17-15(23)12-6-10(20-21-12)8-24-13-5-3-2-4-11(13)16/h2-6H,7-8H2,1H3,(H,17,23)(H,20,21)(H,18,19,22). The van der Waals surface area contributed by atoms with E-state index in [1.54, 1.807) is 25.1 Å². The number of carbonyl (C=O) groups excluding carboxylic acids is 1. The van der Waals surface area contributed by atoms with E-state index in [1.165, 1.54) is 12.1 Å². The van der Waals surface area contributed by atoms with Crippen LogP contribution in [-0.4, -0.2) is 31.3 Å². The van der Waals surface area contributed by atoms with E-state index in [0.29, 0.717) is 17.3 Å². The smallest absolute Gasteiger partial charge is 0.272 e. The summed E-state index contributed by atoms with van der Waals surface area (Å²) >= 11 is 0. The fourth-order valence-corrected chi connectivity index (χ4v) is 1.99. The topological polar surface area (TPSA) is 109 Å². The highest BCUT2D eigenvalue weighted by Crippen LogP contribution is 2.16. The van der Waals surface area contributed by atoms with Gasteiger partial charge in [-0.3, -0.25) is 15.0 Å². The van der Waals surface area contributed by atoms with E-state index >= 15 is 0 Å². The number of aromatic amines is 2. The van der Waals surface area contributed by atoms with Gasteiger partial charge in [-0.2, -0.15) is 10.2 Å². The van der Waals surface area contributed by atoms with E-state index in [9.17, 15) is 9.18 Å². The lowest BCUT2D eigenvalue weighted by Crippen LogP contribution is -2.23. The number of nitrogens with zero attached hydrogens (tertiary/aromatic N) is 3. The second-order valence-electron chi connectivity index (χ2n) is 5.02. The predicted molar refractivity (Wildman–Crippen MR) is 81.6 cm³/mol. The molecule has 3 rings (SSSR count). The van der Waals surface area contributed by atoms with Gasteiger partial charge in [-0.15, -0.1) is 0 Å². The van der Waals surface area contributed by atoms with Gasteiger partial charge in [0, 0.05) is 0 Å². The van der Waals surface area contributed by atoms with Crippen molar-refractivity contribution >= 4 is 5.91 Å². The van der Waals surface area contributed by atoms with Gasteiger partial charge in [0.25, 0.3) is 5.91 Å². The number of rotatable bonds is 6. The fraction of sp³-hybridized carbons (Fsp3) is 0.200. The molecule has 1 amide bonds. The molecule has 0 bridgehead atoms. The van der Waals surface area contributed by atoms with Crippen molar-refractivity contribution in [2.45, 2.75) is 20.1 Å². The first-order valence-corrected chi connectivity index (χ1v) is 7.19. The molecule has 8 nitrogen and oxygen atoms in total. The molecule has 0 unspecified atom stereocenters. The summed E-state index contributed by atoms with van der Waals surface area (Å²) in [5.41, 5.74) is 0.756. The molecule has 3 aromatic rings. The van der Waals surface area contributed by atoms with Gasteiger partial charge in [-0.05, 0) is 25.1 Å². The van der Waals surface area contributed by atoms with Crippen molar-refractivity contribution in [3.63, 3.8) is 0 Å². The number of aryl methyl sites for hydroxylation is 1. The van der Waals surface area contributed by atoms with Gasteiger partial charge in [0.1, 0.15) is 18.1 Å². The number of halogens is 1. The maximum absolute atomic E-state index is 13.5. The summed E-state index contributed by atoms with van der Waals surface area (Å²) in [6, 6.07) is 7.63. The Labute approximate surface area is 136 Å². The molecule has 3 N–H and O–H groups in total. The summed E-state index contributed by atoms with van der Waals surface area (Å²) in [6.45, 7) is 2.03. The number of hydrogen-bond acceptors (Lipinski definition) is 5. The summed E-state index contributed by atoms with van der Waals surface area (Å²) in [7, 11) is 0. The number of nitrogens with one attached hydrogen (secondary N) is 3. The minimum atomic E-state index is -0.447. The quantitative estimate of drug-likeness (QED) is 0.634. The third-order valence-corrected chi connectivity index (χ3v) is 3.13. The molecule has 2 heterocycles. The number of carbonyl (C=O) groups is 1. The molecule has 0 radical (unpaired) electrons. The third kappa shape index (κ3) is 3.75. The summed E-state index contributed by atoms with van der Waals surface area (Å²) in [5, 5.41) is 15.9. The molecule has 0 saturated carbocycles. The molecule has 9 heteroatoms. The maximum atomic E-state index is 13.5. The summed E-state index contributed by atoms with van der Waals surface area (Å²) < 4.78 is 18.8. The van der Waals surface area contributed by atoms with Crippen molar-refractivity contribution in [2.24, 2.45) is 0 Å². The molecule has 1 aromatic carbocycles. The average Bonchev–Trinajstić information content (AvgIpc) is 3.21. The zero-order valence-corrected chi connectivity index (χ0v) is 12.8. The first-order valence-electron chi connectivity index (χ1n) is 7.19. The Hall–Kier alpha value is -3.23. The average molecular weight is 330 g/mol. The van der Waals surface area contributed by atoms with E-state index in [0.717, 1.165) is 0 Å². The largest absolute Gasteiger partial charge is 0.484 e. The van der Waals surface area contributed by atoms with Gasteiger partial charge < -0.3 is 10.1 Å². The molecule has 0 atom stereocenters. The first-order chi connectivity index (χ1) is 11.6. The number of para-hydroxylation sites is 1. The second-order valence-corrected chi connectivity index (χ2v) is 5.02. The van der Waals surface area contributed by atoms with E-state index in [4.69, 9.17) is 4.74 Å². The number of H-pyrrole nitrogens is 2. The Bertz CT molecular complexity index is 844. The van der Waals surface area contributed by atoms with Crippen LogP contribution in [0.5, 0.6) is 5.75 Å². The van der Waals surface area contributed by atoms with E-state index in [2.05, 4.69) is 30.7 Å². The first kappa shape index (κ1) is 15.7. The number of hydrogen-bond donors (Lipinski definition) is 3. The highest BCUT2D eigenvalue weighted by atomic mass is 19.1. The lowest BCUT2D eigenvalue weighted by molar-refractivity contribution is 0.0945. The van der Waals surface area contributed by atoms with Gasteiger partial charge in [0.2, 0.25) is 0 Å². The summed E-state index contributed by atoms with van der Waals surface area (Å²) in [4.78, 5) is 16.1. The molecule has 0 spiro atoms. The van der Waals surface area contributed by atoms with Gasteiger partial charge in [0.15, 0.2) is 17.4 Å². The molecule has 0 saturated heterocycles. The van der Waals surface area contributed by atoms with Crippen LogP contribution in [0.1, 0.15) is 27.8 Å². The maximum Gasteiger partial charge on any atom is 0.272 e. The number of ether oxygens (including phenoxy) is 1. The van der Waals surface area contributed by atoms with E-state index in [1.807, 2.05) is 0 Å². The monoisotopic (exact) mass is 330 g/mol. The van der Waals surface area contributed by atoms with Crippen LogP contribution in [0.3, 0.4) is 0 Å². The highest BCUT2D eigenvalue weighted by molar-refractivity contribution is 5.92. The van der Waals surface area contributed by atoms with E-state index < -0.39 is 5.82 Å². The third-order valence-electron chi connectivity index (χ3n) is 3.13. The van der Waals surface area contributed by atoms with Crippen LogP contribution in [0.25, 0.3) is 0 Å². The molecule has 124 valence electrons. The van der Waals surface area contributed by atoms with Crippen LogP contribution in [-0.2, 0) is 13.2 Å². The normalized spacial score (nSPS) is 10.6. The van der Waals surface area contributed by atoms with Crippen LogP contribution < -0.4 is 10.1 Å². The van der Waals surface area contributed by atoms with Crippen LogP contribution in [0.2, 0.25) is 0 Å². The Morgan fingerprint density at radius 2 is 2.12 bits per heavy atom. The molecule has 0 fully saturated rings. The van der Waals surface area contributed by atoms with Gasteiger partial charge >= 0.3 is 0 Å². The van der Waals surface area contributed by atoms with Crippen molar-refractivity contribution in [1.29, 1.82) is 0 Å². The fourth-order valence-electron chi connectivity index (χ4n) is 1.99. The van der Waals surface area contributed by atoms with Crippen molar-refractivity contribution in [3.8, 4) is 5.75 Å². The minimum absolute atomic E-state index is 0.0708. The van der Waals surface area contributed by atoms with Gasteiger partial charge in [-0.25, -0.2) is 9.37 Å². The predicted octanol–water partition coefficient (Wildman–Crippen LogP) is 1.48. The van der Waals surface area contributed by atoms with Crippen LogP contribution in [0.15, 0.2) is 30.3 Å². The number of aromatic nitrogens is 5. The molecular weight excluding hydrogens is 315 g/mol. The Balaban J connectivity index is 1.54. The Kier molecular flexibility index (Phi) is 4.50. The van der Waals surface area contributed by atoms with Crippen LogP contribution in [0.4, 0.5) is 4.39 Å². The van der Waals surface area contributed by atoms with Crippen LogP contribution in [0, 0.1) is 12.7 Å². The SMILES string of the molecule is Cc1nc(CNC(=O)c2cc(COc3ccccc3F)[nH]n2)n[nH]1. The van der Waals surface area contributed by atoms with Crippen molar-refractivity contribution in [1.82, 2.24) is 30.7 Å². The number of benzene rings is 1. The molecule has 0 aliphatic carbocycles. The molecule has 24 heavy (non-hydrogen) atoms. The summed E-state index contributed by atoms with van der Waals surface area (Å²) in [5.74, 6) is 0.479. The molecule has 0 aliphatic heterocycles. The zero-order chi connectivity index (χ0) is 16.9. The molecule has 2 aromatic heterocycles. The van der Waals surface area contributed by atoms with Gasteiger partial charge in [-0.1, -0.05) is 12.1 Å². The summed E-state index contributed by atoms with van der Waals surface area (Å²) in [6.07, 6.45) is 0. The lowest BCUT2D eigenvalue weighted by atomic mass is 10.3. The number of amides is 1. The second kappa shape index (κ2) is 6.90. The van der Waals surface area contributed by atoms with Crippen molar-refractivity contribution in [3.05, 3.63) is 59.2 Å². The van der Waals surface area contributed by atoms with E-state index in [-0.39, 0.29) is 30.5 Å². The van der Waals surface area contributed by atoms with Gasteiger partial charge in [0.05, 0.1) is 12.2 Å². The van der Waals surface area contributed by atoms with Crippen molar-refractivity contribution < 1.29 is 13.9 Å². The lowest BCUT2D eigenvalue weighted by Gasteiger charge is -2.04. The minimum Gasteiger partial charge on any atom is -0.484 e. The molecule has 0 aliphatic rings. The Morgan fingerprint density at radius 3 is 2.88 bits per heavy atom. The molecular formula is C15H15FN6O2. The van der Waals surface area contributed by atoms with Crippen LogP contribution >= 0.6 is 0 Å². The Morgan fingerprint density at radius 1 is 1.29 bits per heavy atom. The highest BCUT2D eigenvalue weighted by Gasteiger charge is 2.12.